The standard InChI is InChI=1S/C16H19NO3/c1-12-16(20)15(19)9-10-17(12)14(11-18)8-7-13-5-3-2-4-6-13/h2-6,9-10,14,18,20H,7-8,11H2,1H3/t14-/m1/s1. The van der Waals surface area contributed by atoms with Crippen molar-refractivity contribution in [3.8, 4) is 5.75 Å². The molecule has 0 spiro atoms. The zero-order valence-electron chi connectivity index (χ0n) is 11.5. The summed E-state index contributed by atoms with van der Waals surface area (Å²) < 4.78 is 1.76. The maximum absolute atomic E-state index is 11.4. The first-order valence-corrected chi connectivity index (χ1v) is 6.69. The normalized spacial score (nSPS) is 12.3. The van der Waals surface area contributed by atoms with Crippen molar-refractivity contribution >= 4 is 0 Å². The van der Waals surface area contributed by atoms with Gasteiger partial charge in [-0.25, -0.2) is 0 Å². The molecule has 1 aromatic carbocycles. The van der Waals surface area contributed by atoms with Crippen LogP contribution >= 0.6 is 0 Å². The Balaban J connectivity index is 2.17. The average molecular weight is 273 g/mol. The third kappa shape index (κ3) is 3.08. The second kappa shape index (κ2) is 6.39. The summed E-state index contributed by atoms with van der Waals surface area (Å²) >= 11 is 0. The van der Waals surface area contributed by atoms with Crippen molar-refractivity contribution in [3.63, 3.8) is 0 Å². The van der Waals surface area contributed by atoms with Gasteiger partial charge in [-0.1, -0.05) is 30.3 Å². The third-order valence-electron chi connectivity index (χ3n) is 3.56. The number of pyridine rings is 1. The molecule has 0 aliphatic heterocycles. The van der Waals surface area contributed by atoms with Crippen LogP contribution in [0.5, 0.6) is 5.75 Å². The van der Waals surface area contributed by atoms with Crippen LogP contribution in [0.25, 0.3) is 0 Å². The predicted octanol–water partition coefficient (Wildman–Crippen LogP) is 2.03. The van der Waals surface area contributed by atoms with E-state index in [1.807, 2.05) is 30.3 Å². The molecule has 1 aromatic heterocycles. The number of aryl methyl sites for hydroxylation is 1. The van der Waals surface area contributed by atoms with Crippen molar-refractivity contribution in [1.82, 2.24) is 4.57 Å². The lowest BCUT2D eigenvalue weighted by molar-refractivity contribution is 0.217. The highest BCUT2D eigenvalue weighted by Crippen LogP contribution is 2.20. The quantitative estimate of drug-likeness (QED) is 0.876. The maximum Gasteiger partial charge on any atom is 0.223 e. The van der Waals surface area contributed by atoms with Gasteiger partial charge in [-0.3, -0.25) is 4.79 Å². The van der Waals surface area contributed by atoms with Gasteiger partial charge < -0.3 is 14.8 Å². The summed E-state index contributed by atoms with van der Waals surface area (Å²) in [6, 6.07) is 11.2. The highest BCUT2D eigenvalue weighted by atomic mass is 16.3. The molecule has 0 saturated heterocycles. The molecule has 0 radical (unpaired) electrons. The zero-order chi connectivity index (χ0) is 14.5. The average Bonchev–Trinajstić information content (AvgIpc) is 2.48. The van der Waals surface area contributed by atoms with E-state index in [9.17, 15) is 15.0 Å². The molecule has 0 amide bonds. The van der Waals surface area contributed by atoms with Crippen LogP contribution in [0, 0.1) is 6.92 Å². The first-order valence-electron chi connectivity index (χ1n) is 6.69. The van der Waals surface area contributed by atoms with E-state index in [0.29, 0.717) is 5.69 Å². The highest BCUT2D eigenvalue weighted by Gasteiger charge is 2.14. The minimum atomic E-state index is -0.390. The fraction of sp³-hybridized carbons (Fsp3) is 0.312. The Hall–Kier alpha value is -2.07. The Morgan fingerprint density at radius 1 is 1.20 bits per heavy atom. The lowest BCUT2D eigenvalue weighted by Gasteiger charge is -2.21. The van der Waals surface area contributed by atoms with Crippen LogP contribution < -0.4 is 5.43 Å². The fourth-order valence-electron chi connectivity index (χ4n) is 2.33. The number of aromatic nitrogens is 1. The van der Waals surface area contributed by atoms with Crippen LogP contribution in [-0.2, 0) is 6.42 Å². The van der Waals surface area contributed by atoms with Crippen molar-refractivity contribution in [2.45, 2.75) is 25.8 Å². The number of aliphatic hydroxyl groups is 1. The molecule has 0 fully saturated rings. The second-order valence-electron chi connectivity index (χ2n) is 4.88. The molecule has 4 nitrogen and oxygen atoms in total. The van der Waals surface area contributed by atoms with E-state index in [1.54, 1.807) is 17.7 Å². The van der Waals surface area contributed by atoms with Gasteiger partial charge in [0.05, 0.1) is 18.3 Å². The van der Waals surface area contributed by atoms with Crippen molar-refractivity contribution in [2.75, 3.05) is 6.61 Å². The number of aromatic hydroxyl groups is 1. The zero-order valence-corrected chi connectivity index (χ0v) is 11.5. The Labute approximate surface area is 117 Å². The number of rotatable bonds is 5. The van der Waals surface area contributed by atoms with Crippen molar-refractivity contribution in [3.05, 3.63) is 64.1 Å². The van der Waals surface area contributed by atoms with Crippen LogP contribution in [0.4, 0.5) is 0 Å². The highest BCUT2D eigenvalue weighted by molar-refractivity contribution is 5.26. The number of hydrogen-bond donors (Lipinski definition) is 2. The summed E-state index contributed by atoms with van der Waals surface area (Å²) in [4.78, 5) is 11.4. The smallest absolute Gasteiger partial charge is 0.223 e. The summed E-state index contributed by atoms with van der Waals surface area (Å²) in [5.74, 6) is -0.245. The molecule has 0 unspecified atom stereocenters. The van der Waals surface area contributed by atoms with Gasteiger partial charge in [0.25, 0.3) is 0 Å². The van der Waals surface area contributed by atoms with Gasteiger partial charge in [-0.2, -0.15) is 0 Å². The van der Waals surface area contributed by atoms with E-state index in [1.165, 1.54) is 11.6 Å². The van der Waals surface area contributed by atoms with Gasteiger partial charge in [0.2, 0.25) is 5.43 Å². The van der Waals surface area contributed by atoms with Crippen LogP contribution in [0.3, 0.4) is 0 Å². The van der Waals surface area contributed by atoms with E-state index in [2.05, 4.69) is 0 Å². The second-order valence-corrected chi connectivity index (χ2v) is 4.88. The van der Waals surface area contributed by atoms with E-state index in [-0.39, 0.29) is 18.4 Å². The third-order valence-corrected chi connectivity index (χ3v) is 3.56. The predicted molar refractivity (Wildman–Crippen MR) is 78.0 cm³/mol. The van der Waals surface area contributed by atoms with Gasteiger partial charge in [-0.05, 0) is 25.3 Å². The monoisotopic (exact) mass is 273 g/mol. The molecule has 1 heterocycles. The molecular weight excluding hydrogens is 254 g/mol. The first-order chi connectivity index (χ1) is 9.63. The topological polar surface area (TPSA) is 62.5 Å². The summed E-state index contributed by atoms with van der Waals surface area (Å²) in [5.41, 5.74) is 1.30. The molecule has 0 bridgehead atoms. The summed E-state index contributed by atoms with van der Waals surface area (Å²) in [5, 5.41) is 19.3. The summed E-state index contributed by atoms with van der Waals surface area (Å²) in [7, 11) is 0. The molecule has 0 saturated carbocycles. The summed E-state index contributed by atoms with van der Waals surface area (Å²) in [6.07, 6.45) is 3.20. The summed E-state index contributed by atoms with van der Waals surface area (Å²) in [6.45, 7) is 1.65. The Kier molecular flexibility index (Phi) is 4.58. The molecule has 0 aliphatic carbocycles. The van der Waals surface area contributed by atoms with Crippen LogP contribution in [0.15, 0.2) is 47.4 Å². The van der Waals surface area contributed by atoms with Crippen LogP contribution in [-0.4, -0.2) is 21.4 Å². The van der Waals surface area contributed by atoms with Gasteiger partial charge >= 0.3 is 0 Å². The maximum atomic E-state index is 11.4. The minimum Gasteiger partial charge on any atom is -0.503 e. The fourth-order valence-corrected chi connectivity index (χ4v) is 2.33. The Morgan fingerprint density at radius 3 is 2.55 bits per heavy atom. The number of hydrogen-bond acceptors (Lipinski definition) is 3. The lowest BCUT2D eigenvalue weighted by atomic mass is 10.0. The van der Waals surface area contributed by atoms with E-state index in [4.69, 9.17) is 0 Å². The van der Waals surface area contributed by atoms with Crippen molar-refractivity contribution in [1.29, 1.82) is 0 Å². The first kappa shape index (κ1) is 14.3. The Bertz CT molecular complexity index is 619. The lowest BCUT2D eigenvalue weighted by Crippen LogP contribution is -2.19. The number of nitrogens with zero attached hydrogens (tertiary/aromatic N) is 1. The SMILES string of the molecule is Cc1c(O)c(=O)ccn1[C@@H](CO)CCc1ccccc1. The number of benzene rings is 1. The van der Waals surface area contributed by atoms with Crippen molar-refractivity contribution < 1.29 is 10.2 Å². The largest absolute Gasteiger partial charge is 0.503 e. The minimum absolute atomic E-state index is 0.0318. The van der Waals surface area contributed by atoms with Gasteiger partial charge in [0.15, 0.2) is 5.75 Å². The molecule has 1 atom stereocenters. The van der Waals surface area contributed by atoms with E-state index in [0.717, 1.165) is 12.8 Å². The molecule has 2 aromatic rings. The molecule has 0 aliphatic rings. The molecule has 2 N–H and O–H groups in total. The number of aliphatic hydroxyl groups excluding tert-OH is 1. The molecular formula is C16H19NO3. The van der Waals surface area contributed by atoms with Gasteiger partial charge in [-0.15, -0.1) is 0 Å². The van der Waals surface area contributed by atoms with E-state index >= 15 is 0 Å². The molecule has 2 rings (SSSR count). The van der Waals surface area contributed by atoms with Crippen molar-refractivity contribution in [2.24, 2.45) is 0 Å². The Morgan fingerprint density at radius 2 is 1.90 bits per heavy atom. The van der Waals surface area contributed by atoms with E-state index < -0.39 is 5.43 Å². The molecule has 4 heteroatoms. The van der Waals surface area contributed by atoms with Gasteiger partial charge in [0, 0.05) is 12.3 Å². The van der Waals surface area contributed by atoms with Gasteiger partial charge in [0.1, 0.15) is 0 Å². The molecule has 106 valence electrons. The van der Waals surface area contributed by atoms with Crippen LogP contribution in [0.1, 0.15) is 23.7 Å². The van der Waals surface area contributed by atoms with Crippen LogP contribution in [0.2, 0.25) is 0 Å². The molecule has 20 heavy (non-hydrogen) atoms.